The Labute approximate surface area is 91.1 Å². The number of guanidine groups is 1. The Bertz CT molecular complexity index is 229. The van der Waals surface area contributed by atoms with Gasteiger partial charge in [0.25, 0.3) is 0 Å². The third kappa shape index (κ3) is 5.93. The molecule has 0 aromatic heterocycles. The molecule has 2 unspecified atom stereocenters. The van der Waals surface area contributed by atoms with Crippen molar-refractivity contribution in [3.63, 3.8) is 0 Å². The normalized spacial score (nSPS) is 15.6. The van der Waals surface area contributed by atoms with Gasteiger partial charge < -0.3 is 15.8 Å². The smallest absolute Gasteiger partial charge is 0.310 e. The highest BCUT2D eigenvalue weighted by atomic mass is 16.5. The van der Waals surface area contributed by atoms with E-state index in [-0.39, 0.29) is 11.9 Å². The van der Waals surface area contributed by atoms with Gasteiger partial charge in [-0.05, 0) is 13.3 Å². The zero-order valence-corrected chi connectivity index (χ0v) is 9.91. The lowest BCUT2D eigenvalue weighted by molar-refractivity contribution is -0.144. The lowest BCUT2D eigenvalue weighted by atomic mass is 10.2. The van der Waals surface area contributed by atoms with Crippen LogP contribution in [0, 0.1) is 5.92 Å². The summed E-state index contributed by atoms with van der Waals surface area (Å²) in [4.78, 5) is 15.1. The van der Waals surface area contributed by atoms with Crippen LogP contribution in [0.1, 0.15) is 27.2 Å². The first-order chi connectivity index (χ1) is 7.01. The van der Waals surface area contributed by atoms with Crippen LogP contribution >= 0.6 is 0 Å². The van der Waals surface area contributed by atoms with Gasteiger partial charge in [-0.3, -0.25) is 9.79 Å². The molecule has 0 bridgehead atoms. The summed E-state index contributed by atoms with van der Waals surface area (Å²) in [7, 11) is 1.36. The van der Waals surface area contributed by atoms with E-state index in [9.17, 15) is 4.79 Å². The first-order valence-corrected chi connectivity index (χ1v) is 5.15. The predicted octanol–water partition coefficient (Wildman–Crippen LogP) is 0.498. The van der Waals surface area contributed by atoms with E-state index < -0.39 is 0 Å². The minimum Gasteiger partial charge on any atom is -0.469 e. The van der Waals surface area contributed by atoms with Crippen LogP contribution in [0.5, 0.6) is 0 Å². The van der Waals surface area contributed by atoms with Crippen LogP contribution in [0.2, 0.25) is 0 Å². The van der Waals surface area contributed by atoms with E-state index in [2.05, 4.69) is 22.0 Å². The molecule has 88 valence electrons. The molecule has 0 radical (unpaired) electrons. The quantitative estimate of drug-likeness (QED) is 0.398. The van der Waals surface area contributed by atoms with Crippen LogP contribution in [-0.2, 0) is 9.53 Å². The van der Waals surface area contributed by atoms with Gasteiger partial charge in [0.2, 0.25) is 0 Å². The molecule has 2 atom stereocenters. The van der Waals surface area contributed by atoms with Gasteiger partial charge in [-0.2, -0.15) is 0 Å². The van der Waals surface area contributed by atoms with Crippen LogP contribution in [0.3, 0.4) is 0 Å². The summed E-state index contributed by atoms with van der Waals surface area (Å²) in [5.74, 6) is -0.150. The number of hydrogen-bond donors (Lipinski definition) is 2. The summed E-state index contributed by atoms with van der Waals surface area (Å²) in [5.41, 5.74) is 5.63. The fourth-order valence-corrected chi connectivity index (χ4v) is 0.911. The second-order valence-electron chi connectivity index (χ2n) is 3.60. The van der Waals surface area contributed by atoms with Crippen molar-refractivity contribution >= 4 is 11.9 Å². The van der Waals surface area contributed by atoms with E-state index in [1.807, 2.05) is 6.92 Å². The highest BCUT2D eigenvalue weighted by molar-refractivity contribution is 5.79. The molecule has 0 heterocycles. The molecule has 5 heteroatoms. The lowest BCUT2D eigenvalue weighted by Gasteiger charge is -2.12. The standard InChI is InChI=1S/C10H21N3O2/c1-5-8(3)13-10(11)12-6-7(2)9(14)15-4/h7-8H,5-6H2,1-4H3,(H3,11,12,13). The molecule has 0 fully saturated rings. The Balaban J connectivity index is 3.99. The van der Waals surface area contributed by atoms with Crippen molar-refractivity contribution in [1.29, 1.82) is 0 Å². The number of rotatable bonds is 5. The molecule has 0 saturated heterocycles. The molecule has 3 N–H and O–H groups in total. The third-order valence-electron chi connectivity index (χ3n) is 2.15. The van der Waals surface area contributed by atoms with Gasteiger partial charge in [0, 0.05) is 6.04 Å². The zero-order chi connectivity index (χ0) is 11.8. The van der Waals surface area contributed by atoms with E-state index >= 15 is 0 Å². The summed E-state index contributed by atoms with van der Waals surface area (Å²) < 4.78 is 4.58. The van der Waals surface area contributed by atoms with Gasteiger partial charge in [0.1, 0.15) is 0 Å². The monoisotopic (exact) mass is 215 g/mol. The molecule has 15 heavy (non-hydrogen) atoms. The largest absolute Gasteiger partial charge is 0.469 e. The van der Waals surface area contributed by atoms with Crippen LogP contribution in [0.25, 0.3) is 0 Å². The molecule has 0 spiro atoms. The zero-order valence-electron chi connectivity index (χ0n) is 9.91. The van der Waals surface area contributed by atoms with Crippen LogP contribution < -0.4 is 11.1 Å². The molecule has 5 nitrogen and oxygen atoms in total. The van der Waals surface area contributed by atoms with E-state index in [4.69, 9.17) is 5.73 Å². The Morgan fingerprint density at radius 3 is 2.60 bits per heavy atom. The van der Waals surface area contributed by atoms with E-state index in [0.717, 1.165) is 6.42 Å². The topological polar surface area (TPSA) is 76.7 Å². The van der Waals surface area contributed by atoms with E-state index in [1.165, 1.54) is 7.11 Å². The van der Waals surface area contributed by atoms with Gasteiger partial charge in [-0.1, -0.05) is 13.8 Å². The summed E-state index contributed by atoms with van der Waals surface area (Å²) in [5, 5.41) is 3.02. The molecule has 0 aliphatic heterocycles. The predicted molar refractivity (Wildman–Crippen MR) is 60.6 cm³/mol. The Kier molecular flexibility index (Phi) is 6.49. The van der Waals surface area contributed by atoms with Gasteiger partial charge in [-0.25, -0.2) is 0 Å². The Morgan fingerprint density at radius 1 is 1.53 bits per heavy atom. The average molecular weight is 215 g/mol. The van der Waals surface area contributed by atoms with Crippen molar-refractivity contribution in [2.24, 2.45) is 16.6 Å². The summed E-state index contributed by atoms with van der Waals surface area (Å²) >= 11 is 0. The maximum Gasteiger partial charge on any atom is 0.310 e. The van der Waals surface area contributed by atoms with E-state index in [0.29, 0.717) is 18.5 Å². The Hall–Kier alpha value is -1.26. The number of carbonyl (C=O) groups is 1. The van der Waals surface area contributed by atoms with Crippen molar-refractivity contribution in [2.75, 3.05) is 13.7 Å². The first kappa shape index (κ1) is 13.7. The SMILES string of the molecule is CCC(C)NC(N)=NCC(C)C(=O)OC. The number of ether oxygens (including phenoxy) is 1. The molecule has 0 aliphatic carbocycles. The number of methoxy groups -OCH3 is 1. The molecule has 0 aromatic carbocycles. The second-order valence-corrected chi connectivity index (χ2v) is 3.60. The van der Waals surface area contributed by atoms with Crippen molar-refractivity contribution < 1.29 is 9.53 Å². The van der Waals surface area contributed by atoms with Crippen molar-refractivity contribution in [1.82, 2.24) is 5.32 Å². The number of aliphatic imine (C=N–C) groups is 1. The van der Waals surface area contributed by atoms with Crippen molar-refractivity contribution in [2.45, 2.75) is 33.2 Å². The van der Waals surface area contributed by atoms with Crippen LogP contribution in [0.4, 0.5) is 0 Å². The number of nitrogens with zero attached hydrogens (tertiary/aromatic N) is 1. The molecule has 0 rings (SSSR count). The number of carbonyl (C=O) groups excluding carboxylic acids is 1. The number of nitrogens with two attached hydrogens (primary N) is 1. The van der Waals surface area contributed by atoms with Crippen LogP contribution in [0.15, 0.2) is 4.99 Å². The summed E-state index contributed by atoms with van der Waals surface area (Å²) in [6, 6.07) is 0.294. The third-order valence-corrected chi connectivity index (χ3v) is 2.15. The summed E-state index contributed by atoms with van der Waals surface area (Å²) in [6.07, 6.45) is 0.975. The van der Waals surface area contributed by atoms with Crippen molar-refractivity contribution in [3.05, 3.63) is 0 Å². The van der Waals surface area contributed by atoms with E-state index in [1.54, 1.807) is 6.92 Å². The highest BCUT2D eigenvalue weighted by Gasteiger charge is 2.12. The molecule has 0 aliphatic rings. The molecular weight excluding hydrogens is 194 g/mol. The second kappa shape index (κ2) is 7.09. The maximum atomic E-state index is 11.0. The fraction of sp³-hybridized carbons (Fsp3) is 0.800. The molecule has 0 aromatic rings. The highest BCUT2D eigenvalue weighted by Crippen LogP contribution is 1.97. The lowest BCUT2D eigenvalue weighted by Crippen LogP contribution is -2.38. The molecule has 0 amide bonds. The number of esters is 1. The minimum atomic E-state index is -0.268. The van der Waals surface area contributed by atoms with Crippen LogP contribution in [-0.4, -0.2) is 31.6 Å². The van der Waals surface area contributed by atoms with Gasteiger partial charge in [0.05, 0.1) is 19.6 Å². The van der Waals surface area contributed by atoms with Gasteiger partial charge in [0.15, 0.2) is 5.96 Å². The minimum absolute atomic E-state index is 0.257. The number of nitrogens with one attached hydrogen (secondary N) is 1. The molecular formula is C10H21N3O2. The van der Waals surface area contributed by atoms with Gasteiger partial charge >= 0.3 is 5.97 Å². The Morgan fingerprint density at radius 2 is 2.13 bits per heavy atom. The number of hydrogen-bond acceptors (Lipinski definition) is 3. The summed E-state index contributed by atoms with van der Waals surface area (Å²) in [6.45, 7) is 6.18. The van der Waals surface area contributed by atoms with Crippen molar-refractivity contribution in [3.8, 4) is 0 Å². The fourth-order valence-electron chi connectivity index (χ4n) is 0.911. The maximum absolute atomic E-state index is 11.0. The average Bonchev–Trinajstić information content (AvgIpc) is 2.24. The molecule has 0 saturated carbocycles. The first-order valence-electron chi connectivity index (χ1n) is 5.15. The van der Waals surface area contributed by atoms with Gasteiger partial charge in [-0.15, -0.1) is 0 Å².